The van der Waals surface area contributed by atoms with E-state index in [1.54, 1.807) is 20.8 Å². The standard InChI is InChI=1S/C17H19NO6/c1-17(2,3)24-16(23)18-7-5-4-6-11-8-12(14(19)20)10-13(9-11)15(21)22/h8-10H,5,7H2,1-3H3,(H,18,23)(H,19,20)(H,21,22). The van der Waals surface area contributed by atoms with Gasteiger partial charge in [0.15, 0.2) is 0 Å². The first-order valence-corrected chi connectivity index (χ1v) is 7.16. The number of carboxylic acid groups (broad SMARTS) is 2. The molecular weight excluding hydrogens is 314 g/mol. The first kappa shape index (κ1) is 19.0. The summed E-state index contributed by atoms with van der Waals surface area (Å²) in [5, 5.41) is 20.5. The molecule has 7 heteroatoms. The van der Waals surface area contributed by atoms with Crippen LogP contribution in [0.5, 0.6) is 0 Å². The van der Waals surface area contributed by atoms with Crippen LogP contribution in [0.3, 0.4) is 0 Å². The van der Waals surface area contributed by atoms with Crippen LogP contribution < -0.4 is 5.32 Å². The highest BCUT2D eigenvalue weighted by Gasteiger charge is 2.15. The Bertz CT molecular complexity index is 674. The topological polar surface area (TPSA) is 113 Å². The van der Waals surface area contributed by atoms with Crippen molar-refractivity contribution in [2.75, 3.05) is 6.54 Å². The number of carboxylic acids is 2. The maximum atomic E-state index is 11.4. The molecular formula is C17H19NO6. The molecule has 24 heavy (non-hydrogen) atoms. The number of amides is 1. The van der Waals surface area contributed by atoms with Gasteiger partial charge in [0.05, 0.1) is 11.1 Å². The lowest BCUT2D eigenvalue weighted by atomic mass is 10.1. The summed E-state index contributed by atoms with van der Waals surface area (Å²) < 4.78 is 5.06. The van der Waals surface area contributed by atoms with Crippen LogP contribution in [0.15, 0.2) is 18.2 Å². The molecule has 1 rings (SSSR count). The van der Waals surface area contributed by atoms with Crippen molar-refractivity contribution in [3.05, 3.63) is 34.9 Å². The highest BCUT2D eigenvalue weighted by atomic mass is 16.6. The van der Waals surface area contributed by atoms with Crippen molar-refractivity contribution in [3.8, 4) is 11.8 Å². The van der Waals surface area contributed by atoms with Crippen LogP contribution in [0.4, 0.5) is 4.79 Å². The molecule has 0 radical (unpaired) electrons. The molecule has 0 unspecified atom stereocenters. The van der Waals surface area contributed by atoms with Crippen LogP contribution in [0.25, 0.3) is 0 Å². The first-order valence-electron chi connectivity index (χ1n) is 7.16. The summed E-state index contributed by atoms with van der Waals surface area (Å²) in [6.45, 7) is 5.51. The predicted octanol–water partition coefficient (Wildman–Crippen LogP) is 2.35. The Morgan fingerprint density at radius 3 is 2.08 bits per heavy atom. The summed E-state index contributed by atoms with van der Waals surface area (Å²) in [6.07, 6.45) is -0.246. The number of ether oxygens (including phenoxy) is 1. The van der Waals surface area contributed by atoms with Crippen LogP contribution in [-0.2, 0) is 4.74 Å². The third-order valence-electron chi connectivity index (χ3n) is 2.58. The largest absolute Gasteiger partial charge is 0.478 e. The van der Waals surface area contributed by atoms with Gasteiger partial charge in [-0.15, -0.1) is 0 Å². The van der Waals surface area contributed by atoms with Crippen molar-refractivity contribution in [1.82, 2.24) is 5.32 Å². The van der Waals surface area contributed by atoms with Gasteiger partial charge < -0.3 is 20.3 Å². The van der Waals surface area contributed by atoms with Gasteiger partial charge >= 0.3 is 18.0 Å². The fraction of sp³-hybridized carbons (Fsp3) is 0.353. The van der Waals surface area contributed by atoms with E-state index in [0.29, 0.717) is 6.42 Å². The van der Waals surface area contributed by atoms with Gasteiger partial charge in [-0.3, -0.25) is 0 Å². The second-order valence-electron chi connectivity index (χ2n) is 5.89. The lowest BCUT2D eigenvalue weighted by Crippen LogP contribution is -2.32. The second kappa shape index (κ2) is 8.02. The average Bonchev–Trinajstić information content (AvgIpc) is 2.44. The smallest absolute Gasteiger partial charge is 0.407 e. The maximum absolute atomic E-state index is 11.4. The molecule has 0 atom stereocenters. The molecule has 0 bridgehead atoms. The normalized spacial score (nSPS) is 10.3. The number of hydrogen-bond acceptors (Lipinski definition) is 4. The highest BCUT2D eigenvalue weighted by Crippen LogP contribution is 2.10. The summed E-state index contributed by atoms with van der Waals surface area (Å²) in [6, 6.07) is 3.66. The third kappa shape index (κ3) is 6.83. The molecule has 0 fully saturated rings. The summed E-state index contributed by atoms with van der Waals surface area (Å²) in [7, 11) is 0. The molecule has 0 saturated carbocycles. The van der Waals surface area contributed by atoms with Gasteiger partial charge in [0.2, 0.25) is 0 Å². The van der Waals surface area contributed by atoms with E-state index in [-0.39, 0.29) is 23.2 Å². The van der Waals surface area contributed by atoms with Crippen molar-refractivity contribution in [2.45, 2.75) is 32.8 Å². The van der Waals surface area contributed by atoms with Crippen molar-refractivity contribution in [3.63, 3.8) is 0 Å². The van der Waals surface area contributed by atoms with Gasteiger partial charge in [0.25, 0.3) is 0 Å². The Hall–Kier alpha value is -3.01. The molecule has 0 aliphatic carbocycles. The van der Waals surface area contributed by atoms with Gasteiger partial charge in [0, 0.05) is 18.5 Å². The summed E-state index contributed by atoms with van der Waals surface area (Å²) in [5.74, 6) is 2.98. The van der Waals surface area contributed by atoms with Gasteiger partial charge in [0.1, 0.15) is 5.60 Å². The number of benzene rings is 1. The second-order valence-corrected chi connectivity index (χ2v) is 5.89. The Kier molecular flexibility index (Phi) is 6.36. The number of alkyl carbamates (subject to hydrolysis) is 1. The van der Waals surface area contributed by atoms with Crippen molar-refractivity contribution in [1.29, 1.82) is 0 Å². The fourth-order valence-corrected chi connectivity index (χ4v) is 1.65. The number of nitrogens with one attached hydrogen (secondary N) is 1. The van der Waals surface area contributed by atoms with Gasteiger partial charge in [-0.1, -0.05) is 11.8 Å². The minimum atomic E-state index is -1.23. The van der Waals surface area contributed by atoms with Crippen molar-refractivity contribution < 1.29 is 29.3 Å². The Balaban J connectivity index is 2.68. The van der Waals surface area contributed by atoms with Crippen LogP contribution in [0.1, 0.15) is 53.5 Å². The Morgan fingerprint density at radius 2 is 1.62 bits per heavy atom. The fourth-order valence-electron chi connectivity index (χ4n) is 1.65. The van der Waals surface area contributed by atoms with Crippen LogP contribution >= 0.6 is 0 Å². The molecule has 0 aliphatic heterocycles. The monoisotopic (exact) mass is 333 g/mol. The van der Waals surface area contributed by atoms with Gasteiger partial charge in [-0.25, -0.2) is 14.4 Å². The number of carbonyl (C=O) groups excluding carboxylic acids is 1. The van der Waals surface area contributed by atoms with Crippen molar-refractivity contribution in [2.24, 2.45) is 0 Å². The molecule has 128 valence electrons. The summed E-state index contributed by atoms with van der Waals surface area (Å²) in [5.41, 5.74) is -0.595. The Morgan fingerprint density at radius 1 is 1.08 bits per heavy atom. The van der Waals surface area contributed by atoms with E-state index in [0.717, 1.165) is 6.07 Å². The molecule has 1 aromatic carbocycles. The van der Waals surface area contributed by atoms with E-state index in [1.165, 1.54) is 12.1 Å². The predicted molar refractivity (Wildman–Crippen MR) is 86.1 cm³/mol. The minimum Gasteiger partial charge on any atom is -0.478 e. The van der Waals surface area contributed by atoms with E-state index >= 15 is 0 Å². The first-order chi connectivity index (χ1) is 11.1. The molecule has 0 aromatic heterocycles. The average molecular weight is 333 g/mol. The Labute approximate surface area is 139 Å². The van der Waals surface area contributed by atoms with Gasteiger partial charge in [-0.2, -0.15) is 0 Å². The molecule has 1 amide bonds. The number of carbonyl (C=O) groups is 3. The zero-order valence-electron chi connectivity index (χ0n) is 13.7. The van der Waals surface area contributed by atoms with E-state index in [9.17, 15) is 14.4 Å². The highest BCUT2D eigenvalue weighted by molar-refractivity contribution is 5.94. The molecule has 0 saturated heterocycles. The van der Waals surface area contributed by atoms with Crippen LogP contribution in [0, 0.1) is 11.8 Å². The zero-order valence-corrected chi connectivity index (χ0v) is 13.7. The quantitative estimate of drug-likeness (QED) is 0.576. The van der Waals surface area contributed by atoms with Crippen LogP contribution in [0.2, 0.25) is 0 Å². The molecule has 0 aliphatic rings. The SMILES string of the molecule is CC(C)(C)OC(=O)NCCC#Cc1cc(C(=O)O)cc(C(=O)O)c1. The third-order valence-corrected chi connectivity index (χ3v) is 2.58. The van der Waals surface area contributed by atoms with Crippen molar-refractivity contribution >= 4 is 18.0 Å². The number of aromatic carboxylic acids is 2. The summed E-state index contributed by atoms with van der Waals surface area (Å²) in [4.78, 5) is 33.4. The molecule has 0 spiro atoms. The van der Waals surface area contributed by atoms with E-state index < -0.39 is 23.6 Å². The zero-order chi connectivity index (χ0) is 18.3. The molecule has 3 N–H and O–H groups in total. The van der Waals surface area contributed by atoms with E-state index in [4.69, 9.17) is 14.9 Å². The lowest BCUT2D eigenvalue weighted by molar-refractivity contribution is 0.0527. The van der Waals surface area contributed by atoms with E-state index in [2.05, 4.69) is 17.2 Å². The van der Waals surface area contributed by atoms with Gasteiger partial charge in [-0.05, 0) is 39.0 Å². The van der Waals surface area contributed by atoms with E-state index in [1.807, 2.05) is 0 Å². The van der Waals surface area contributed by atoms with Crippen LogP contribution in [-0.4, -0.2) is 40.4 Å². The maximum Gasteiger partial charge on any atom is 0.407 e. The molecule has 7 nitrogen and oxygen atoms in total. The number of hydrogen-bond donors (Lipinski definition) is 3. The summed E-state index contributed by atoms with van der Waals surface area (Å²) >= 11 is 0. The number of rotatable bonds is 4. The molecule has 1 aromatic rings. The minimum absolute atomic E-state index is 0.147. The lowest BCUT2D eigenvalue weighted by Gasteiger charge is -2.19. The molecule has 0 heterocycles.